The van der Waals surface area contributed by atoms with Crippen molar-refractivity contribution in [1.29, 1.82) is 0 Å². The summed E-state index contributed by atoms with van der Waals surface area (Å²) >= 11 is 0. The van der Waals surface area contributed by atoms with Crippen molar-refractivity contribution < 1.29 is 14.1 Å². The van der Waals surface area contributed by atoms with E-state index in [0.717, 1.165) is 48.5 Å². The molecule has 5 nitrogen and oxygen atoms in total. The molecule has 1 unspecified atom stereocenters. The van der Waals surface area contributed by atoms with Gasteiger partial charge in [-0.25, -0.2) is 0 Å². The maximum absolute atomic E-state index is 13.7. The quantitative estimate of drug-likeness (QED) is 0.811. The largest absolute Gasteiger partial charge is 0.379 e. The van der Waals surface area contributed by atoms with Crippen molar-refractivity contribution in [3.63, 3.8) is 0 Å². The van der Waals surface area contributed by atoms with E-state index in [1.165, 1.54) is 24.0 Å². The van der Waals surface area contributed by atoms with Crippen molar-refractivity contribution in [3.8, 4) is 11.1 Å². The third-order valence-electron chi connectivity index (χ3n) is 7.07. The summed E-state index contributed by atoms with van der Waals surface area (Å²) in [6.45, 7) is 7.02. The average Bonchev–Trinajstić information content (AvgIpc) is 3.41. The molecule has 5 rings (SSSR count). The lowest BCUT2D eigenvalue weighted by Gasteiger charge is -2.46. The number of rotatable bonds is 3. The number of benzene rings is 1. The van der Waals surface area contributed by atoms with Crippen LogP contribution in [0.15, 0.2) is 22.7 Å². The van der Waals surface area contributed by atoms with Crippen molar-refractivity contribution in [2.75, 3.05) is 26.3 Å². The van der Waals surface area contributed by atoms with Gasteiger partial charge in [0.2, 0.25) is 0 Å². The zero-order valence-electron chi connectivity index (χ0n) is 16.8. The molecule has 28 heavy (non-hydrogen) atoms. The Bertz CT molecular complexity index is 887. The summed E-state index contributed by atoms with van der Waals surface area (Å²) in [6.07, 6.45) is 5.27. The smallest absolute Gasteiger partial charge is 0.162 e. The van der Waals surface area contributed by atoms with Crippen LogP contribution < -0.4 is 0 Å². The lowest BCUT2D eigenvalue weighted by molar-refractivity contribution is -0.138. The van der Waals surface area contributed by atoms with E-state index in [9.17, 15) is 4.79 Å². The van der Waals surface area contributed by atoms with Gasteiger partial charge in [0, 0.05) is 25.1 Å². The fourth-order valence-electron chi connectivity index (χ4n) is 5.91. The van der Waals surface area contributed by atoms with Crippen LogP contribution in [-0.2, 0) is 21.5 Å². The molecule has 1 aromatic heterocycles. The maximum Gasteiger partial charge on any atom is 0.162 e. The van der Waals surface area contributed by atoms with Gasteiger partial charge in [0.15, 0.2) is 5.78 Å². The predicted octanol–water partition coefficient (Wildman–Crippen LogP) is 3.80. The van der Waals surface area contributed by atoms with Crippen LogP contribution in [0.25, 0.3) is 11.1 Å². The normalized spacial score (nSPS) is 26.1. The maximum atomic E-state index is 13.7. The monoisotopic (exact) mass is 380 g/mol. The molecule has 2 fully saturated rings. The number of ketones is 1. The molecule has 3 aliphatic rings. The predicted molar refractivity (Wildman–Crippen MR) is 106 cm³/mol. The van der Waals surface area contributed by atoms with Crippen molar-refractivity contribution in [1.82, 2.24) is 10.1 Å². The second-order valence-corrected chi connectivity index (χ2v) is 8.52. The van der Waals surface area contributed by atoms with Crippen molar-refractivity contribution in [2.45, 2.75) is 51.5 Å². The Labute approximate surface area is 166 Å². The van der Waals surface area contributed by atoms with Crippen LogP contribution in [-0.4, -0.2) is 42.1 Å². The van der Waals surface area contributed by atoms with Gasteiger partial charge in [-0.15, -0.1) is 0 Å². The van der Waals surface area contributed by atoms with Crippen LogP contribution in [0.3, 0.4) is 0 Å². The molecular weight excluding hydrogens is 352 g/mol. The Kier molecular flexibility index (Phi) is 4.40. The van der Waals surface area contributed by atoms with E-state index in [1.807, 2.05) is 13.8 Å². The molecule has 2 heterocycles. The molecule has 1 aliphatic heterocycles. The Morgan fingerprint density at radius 1 is 1.14 bits per heavy atom. The molecule has 2 aliphatic carbocycles. The number of hydrogen-bond acceptors (Lipinski definition) is 5. The molecule has 1 aromatic carbocycles. The highest BCUT2D eigenvalue weighted by Gasteiger charge is 2.55. The van der Waals surface area contributed by atoms with Gasteiger partial charge in [0.1, 0.15) is 11.3 Å². The number of morpholine rings is 1. The molecular formula is C23H28N2O3. The number of aromatic nitrogens is 1. The SMILES string of the molecule is Cc1noc(C)c1-c1ccc2c(c1)C(C1CCCC1)(N1CCOCC1)C(=O)C2. The lowest BCUT2D eigenvalue weighted by atomic mass is 9.75. The fraction of sp³-hybridized carbons (Fsp3) is 0.565. The summed E-state index contributed by atoms with van der Waals surface area (Å²) in [4.78, 5) is 16.1. The van der Waals surface area contributed by atoms with Gasteiger partial charge in [0.05, 0.1) is 18.9 Å². The highest BCUT2D eigenvalue weighted by atomic mass is 16.5. The summed E-state index contributed by atoms with van der Waals surface area (Å²) in [5, 5.41) is 4.14. The summed E-state index contributed by atoms with van der Waals surface area (Å²) in [5.74, 6) is 1.62. The highest BCUT2D eigenvalue weighted by Crippen LogP contribution is 2.51. The molecule has 148 valence electrons. The van der Waals surface area contributed by atoms with Gasteiger partial charge in [-0.3, -0.25) is 9.69 Å². The number of nitrogens with zero attached hydrogens (tertiary/aromatic N) is 2. The minimum Gasteiger partial charge on any atom is -0.379 e. The third kappa shape index (κ3) is 2.52. The number of hydrogen-bond donors (Lipinski definition) is 0. The molecule has 0 amide bonds. The average molecular weight is 380 g/mol. The topological polar surface area (TPSA) is 55.6 Å². The Hall–Kier alpha value is -1.98. The zero-order chi connectivity index (χ0) is 19.3. The van der Waals surface area contributed by atoms with Gasteiger partial charge >= 0.3 is 0 Å². The second kappa shape index (κ2) is 6.82. The standard InChI is InChI=1S/C23H28N2O3/c1-15-22(16(2)28-24-15)18-8-7-17-14-21(26)23(20(17)13-18,19-5-3-4-6-19)25-9-11-27-12-10-25/h7-8,13,19H,3-6,9-12,14H2,1-2H3. The Morgan fingerprint density at radius 2 is 1.89 bits per heavy atom. The van der Waals surface area contributed by atoms with Gasteiger partial charge < -0.3 is 9.26 Å². The Morgan fingerprint density at radius 3 is 2.57 bits per heavy atom. The number of carbonyl (C=O) groups is 1. The minimum atomic E-state index is -0.482. The molecule has 5 heteroatoms. The molecule has 1 saturated heterocycles. The number of aryl methyl sites for hydroxylation is 2. The van der Waals surface area contributed by atoms with E-state index >= 15 is 0 Å². The van der Waals surface area contributed by atoms with E-state index in [4.69, 9.17) is 9.26 Å². The summed E-state index contributed by atoms with van der Waals surface area (Å²) in [7, 11) is 0. The zero-order valence-corrected chi connectivity index (χ0v) is 16.8. The van der Waals surface area contributed by atoms with Gasteiger partial charge in [-0.2, -0.15) is 0 Å². The van der Waals surface area contributed by atoms with Gasteiger partial charge in [-0.05, 0) is 55.4 Å². The third-order valence-corrected chi connectivity index (χ3v) is 7.07. The molecule has 0 bridgehead atoms. The van der Waals surface area contributed by atoms with E-state index in [-0.39, 0.29) is 0 Å². The Balaban J connectivity index is 1.69. The first-order valence-corrected chi connectivity index (χ1v) is 10.5. The second-order valence-electron chi connectivity index (χ2n) is 8.52. The summed E-state index contributed by atoms with van der Waals surface area (Å²) in [6, 6.07) is 6.55. The van der Waals surface area contributed by atoms with Crippen molar-refractivity contribution in [2.24, 2.45) is 5.92 Å². The first-order chi connectivity index (χ1) is 13.6. The highest BCUT2D eigenvalue weighted by molar-refractivity contribution is 5.97. The molecule has 0 N–H and O–H groups in total. The van der Waals surface area contributed by atoms with Gasteiger partial charge in [-0.1, -0.05) is 30.1 Å². The number of ether oxygens (including phenoxy) is 1. The van der Waals surface area contributed by atoms with Crippen LogP contribution >= 0.6 is 0 Å². The first-order valence-electron chi connectivity index (χ1n) is 10.5. The summed E-state index contributed by atoms with van der Waals surface area (Å²) < 4.78 is 11.0. The summed E-state index contributed by atoms with van der Waals surface area (Å²) in [5.41, 5.74) is 5.01. The van der Waals surface area contributed by atoms with E-state index in [1.54, 1.807) is 0 Å². The minimum absolute atomic E-state index is 0.382. The van der Waals surface area contributed by atoms with Crippen LogP contribution in [0.2, 0.25) is 0 Å². The molecule has 1 saturated carbocycles. The fourth-order valence-corrected chi connectivity index (χ4v) is 5.91. The number of carbonyl (C=O) groups excluding carboxylic acids is 1. The van der Waals surface area contributed by atoms with Crippen molar-refractivity contribution in [3.05, 3.63) is 40.8 Å². The molecule has 2 aromatic rings. The first kappa shape index (κ1) is 18.1. The van der Waals surface area contributed by atoms with E-state index in [0.29, 0.717) is 31.3 Å². The molecule has 1 atom stereocenters. The van der Waals surface area contributed by atoms with Crippen LogP contribution in [0.5, 0.6) is 0 Å². The molecule has 0 spiro atoms. The van der Waals surface area contributed by atoms with Crippen molar-refractivity contribution >= 4 is 5.78 Å². The van der Waals surface area contributed by atoms with Crippen LogP contribution in [0.1, 0.15) is 48.3 Å². The van der Waals surface area contributed by atoms with E-state index in [2.05, 4.69) is 28.3 Å². The number of fused-ring (bicyclic) bond motifs is 1. The lowest BCUT2D eigenvalue weighted by Crippen LogP contribution is -2.57. The number of Topliss-reactive ketones (excluding diaryl/α,β-unsaturated/α-hetero) is 1. The molecule has 0 radical (unpaired) electrons. The van der Waals surface area contributed by atoms with Gasteiger partial charge in [0.25, 0.3) is 0 Å². The van der Waals surface area contributed by atoms with E-state index < -0.39 is 5.54 Å². The van der Waals surface area contributed by atoms with Crippen LogP contribution in [0.4, 0.5) is 0 Å². The van der Waals surface area contributed by atoms with Crippen LogP contribution in [0, 0.1) is 19.8 Å².